The van der Waals surface area contributed by atoms with E-state index in [2.05, 4.69) is 58.8 Å². The van der Waals surface area contributed by atoms with Crippen LogP contribution in [0.2, 0.25) is 0 Å². The van der Waals surface area contributed by atoms with Crippen molar-refractivity contribution in [2.75, 3.05) is 18.6 Å². The maximum atomic E-state index is 15.1. The highest BCUT2D eigenvalue weighted by Gasteiger charge is 2.52. The first-order chi connectivity index (χ1) is 19.5. The maximum Gasteiger partial charge on any atom is 0.417 e. The summed E-state index contributed by atoms with van der Waals surface area (Å²) in [4.78, 5) is 9.05. The van der Waals surface area contributed by atoms with Gasteiger partial charge in [-0.1, -0.05) is 25.1 Å². The minimum atomic E-state index is -4.67. The number of allylic oxidation sites excluding steroid dienone is 1. The Kier molecular flexibility index (Phi) is 5.42. The van der Waals surface area contributed by atoms with Crippen LogP contribution in [0.3, 0.4) is 0 Å². The summed E-state index contributed by atoms with van der Waals surface area (Å²) in [5.74, 6) is -1.08. The highest BCUT2D eigenvalue weighted by Crippen LogP contribution is 2.57. The minimum Gasteiger partial charge on any atom is -0.368 e. The van der Waals surface area contributed by atoms with Crippen LogP contribution < -0.4 is 4.90 Å². The molecule has 2 atom stereocenters. The number of aromatic nitrogens is 4. The number of hydrogen-bond donors (Lipinski definition) is 1. The zero-order chi connectivity index (χ0) is 28.9. The van der Waals surface area contributed by atoms with Crippen molar-refractivity contribution in [3.05, 3.63) is 99.5 Å². The summed E-state index contributed by atoms with van der Waals surface area (Å²) in [6.45, 7) is 7.00. The summed E-state index contributed by atoms with van der Waals surface area (Å²) in [5.41, 5.74) is 6.78. The summed E-state index contributed by atoms with van der Waals surface area (Å²) in [6, 6.07) is 8.92. The average Bonchev–Trinajstić information content (AvgIpc) is 3.60. The maximum absolute atomic E-state index is 15.1. The fourth-order valence-corrected chi connectivity index (χ4v) is 6.99. The number of fused-ring (bicyclic) bond motifs is 10. The highest BCUT2D eigenvalue weighted by molar-refractivity contribution is 5.89. The first-order valence-electron chi connectivity index (χ1n) is 13.7. The molecule has 0 amide bonds. The molecule has 2 unspecified atom stereocenters. The number of aromatic amines is 1. The Morgan fingerprint density at radius 1 is 1.17 bits per heavy atom. The second-order valence-corrected chi connectivity index (χ2v) is 11.3. The van der Waals surface area contributed by atoms with Crippen LogP contribution in [0.4, 0.5) is 23.4 Å². The molecule has 3 aliphatic rings. The Morgan fingerprint density at radius 2 is 1.98 bits per heavy atom. The first-order valence-corrected chi connectivity index (χ1v) is 13.7. The van der Waals surface area contributed by atoms with E-state index in [0.29, 0.717) is 25.2 Å². The van der Waals surface area contributed by atoms with Gasteiger partial charge < -0.3 is 14.6 Å². The third-order valence-corrected chi connectivity index (χ3v) is 9.12. The second-order valence-electron chi connectivity index (χ2n) is 11.3. The van der Waals surface area contributed by atoms with Crippen LogP contribution in [-0.4, -0.2) is 33.4 Å². The van der Waals surface area contributed by atoms with Crippen molar-refractivity contribution >= 4 is 11.4 Å². The summed E-state index contributed by atoms with van der Waals surface area (Å²) < 4.78 is 62.8. The summed E-state index contributed by atoms with van der Waals surface area (Å²) in [6.07, 6.45) is 1.45. The minimum absolute atomic E-state index is 0.0899. The lowest BCUT2D eigenvalue weighted by Crippen LogP contribution is -2.42. The number of aryl methyl sites for hydroxylation is 1. The molecule has 0 radical (unpaired) electrons. The number of nitrogens with one attached hydrogen (secondary N) is 1. The molecule has 2 aliphatic heterocycles. The quantitative estimate of drug-likeness (QED) is 0.291. The molecule has 7 rings (SSSR count). The molecule has 0 saturated carbocycles. The number of halogens is 4. The Morgan fingerprint density at radius 3 is 2.68 bits per heavy atom. The molecule has 3 aromatic heterocycles. The molecular weight excluding hydrogens is 534 g/mol. The average molecular weight is 564 g/mol. The Labute approximate surface area is 234 Å². The Bertz CT molecular complexity index is 1750. The van der Waals surface area contributed by atoms with E-state index in [4.69, 9.17) is 9.84 Å². The van der Waals surface area contributed by atoms with Gasteiger partial charge in [-0.3, -0.25) is 0 Å². The molecule has 4 aromatic rings. The number of hydrogen-bond acceptors (Lipinski definition) is 4. The number of pyridine rings is 1. The monoisotopic (exact) mass is 563 g/mol. The van der Waals surface area contributed by atoms with E-state index in [9.17, 15) is 13.2 Å². The van der Waals surface area contributed by atoms with Gasteiger partial charge in [0, 0.05) is 50.1 Å². The van der Waals surface area contributed by atoms with Crippen LogP contribution in [-0.2, 0) is 41.3 Å². The number of anilines is 1. The van der Waals surface area contributed by atoms with Gasteiger partial charge in [0.2, 0.25) is 0 Å². The van der Waals surface area contributed by atoms with E-state index < -0.39 is 28.6 Å². The molecule has 0 saturated heterocycles. The molecule has 1 aromatic carbocycles. The summed E-state index contributed by atoms with van der Waals surface area (Å²) in [5, 5.41) is 5.15. The zero-order valence-electron chi connectivity index (χ0n) is 23.2. The largest absolute Gasteiger partial charge is 0.417 e. The van der Waals surface area contributed by atoms with Gasteiger partial charge in [-0.25, -0.2) is 14.1 Å². The van der Waals surface area contributed by atoms with Crippen molar-refractivity contribution in [1.82, 2.24) is 19.7 Å². The Balaban J connectivity index is 1.45. The fraction of sp³-hybridized carbons (Fsp3) is 0.355. The number of rotatable bonds is 3. The number of nitrogens with zero attached hydrogens (tertiary/aromatic N) is 4. The molecule has 0 bridgehead atoms. The summed E-state index contributed by atoms with van der Waals surface area (Å²) in [7, 11) is 1.70. The van der Waals surface area contributed by atoms with E-state index in [1.807, 2.05) is 13.1 Å². The molecule has 1 aliphatic carbocycles. The van der Waals surface area contributed by atoms with E-state index in [1.54, 1.807) is 12.0 Å². The predicted octanol–water partition coefficient (Wildman–Crippen LogP) is 6.46. The fourth-order valence-electron chi connectivity index (χ4n) is 6.99. The SMILES string of the molecule is CCc1cccc2c1-n1nc3c(c1C1(C)C2=CC(C)(OC)c2[nH]ccc21)CN(c1ncc(C(F)(F)F)cc1F)CC3. The molecule has 10 heteroatoms. The topological polar surface area (TPSA) is 59.0 Å². The molecule has 0 spiro atoms. The van der Waals surface area contributed by atoms with Crippen LogP contribution in [0.25, 0.3) is 11.3 Å². The van der Waals surface area contributed by atoms with Crippen molar-refractivity contribution in [3.8, 4) is 5.69 Å². The van der Waals surface area contributed by atoms with Crippen molar-refractivity contribution in [3.63, 3.8) is 0 Å². The van der Waals surface area contributed by atoms with Crippen molar-refractivity contribution in [1.29, 1.82) is 0 Å². The lowest BCUT2D eigenvalue weighted by atomic mass is 9.62. The first kappa shape index (κ1) is 26.0. The molecule has 1 N–H and O–H groups in total. The smallest absolute Gasteiger partial charge is 0.368 e. The zero-order valence-corrected chi connectivity index (χ0v) is 23.2. The number of para-hydroxylation sites is 1. The summed E-state index contributed by atoms with van der Waals surface area (Å²) >= 11 is 0. The lowest BCUT2D eigenvalue weighted by Gasteiger charge is -2.46. The van der Waals surface area contributed by atoms with Crippen molar-refractivity contribution in [2.24, 2.45) is 0 Å². The second kappa shape index (κ2) is 8.55. The molecule has 41 heavy (non-hydrogen) atoms. The molecule has 0 fully saturated rings. The van der Waals surface area contributed by atoms with Crippen LogP contribution >= 0.6 is 0 Å². The van der Waals surface area contributed by atoms with E-state index in [1.165, 1.54) is 0 Å². The van der Waals surface area contributed by atoms with Crippen molar-refractivity contribution < 1.29 is 22.3 Å². The van der Waals surface area contributed by atoms with E-state index >= 15 is 4.39 Å². The number of benzene rings is 1. The lowest BCUT2D eigenvalue weighted by molar-refractivity contribution is -0.138. The number of ether oxygens (including phenoxy) is 1. The number of methoxy groups -OCH3 is 1. The standard InChI is InChI=1S/C31H29F4N5O/c1-5-17-7-6-8-19-22-14-29(2,41-4)26-21(9-11-36-26)30(22,3)27-20-16-39(12-10-24(20)38-40(27)25(17)19)28-23(32)13-18(15-37-28)31(33,34)35/h6-9,11,13-15,36H,5,10,12,16H2,1-4H3. The van der Waals surface area contributed by atoms with Crippen LogP contribution in [0.5, 0.6) is 0 Å². The van der Waals surface area contributed by atoms with Gasteiger partial charge in [0.15, 0.2) is 11.6 Å². The van der Waals surface area contributed by atoms with Gasteiger partial charge in [-0.2, -0.15) is 18.3 Å². The predicted molar refractivity (Wildman–Crippen MR) is 146 cm³/mol. The van der Waals surface area contributed by atoms with E-state index in [-0.39, 0.29) is 12.4 Å². The normalized spacial score (nSPS) is 22.8. The number of alkyl halides is 3. The number of H-pyrrole nitrogens is 1. The van der Waals surface area contributed by atoms with Gasteiger partial charge in [0.25, 0.3) is 0 Å². The van der Waals surface area contributed by atoms with Gasteiger partial charge in [0.1, 0.15) is 5.60 Å². The van der Waals surface area contributed by atoms with Crippen molar-refractivity contribution in [2.45, 2.75) is 57.3 Å². The molecule has 5 heterocycles. The van der Waals surface area contributed by atoms with Gasteiger partial charge >= 0.3 is 6.18 Å². The third-order valence-electron chi connectivity index (χ3n) is 9.12. The molecule has 6 nitrogen and oxygen atoms in total. The van der Waals surface area contributed by atoms with Gasteiger partial charge in [0.05, 0.1) is 33.7 Å². The van der Waals surface area contributed by atoms with Gasteiger partial charge in [-0.15, -0.1) is 0 Å². The van der Waals surface area contributed by atoms with Crippen LogP contribution in [0.15, 0.2) is 48.8 Å². The van der Waals surface area contributed by atoms with Gasteiger partial charge in [-0.05, 0) is 55.2 Å². The third kappa shape index (κ3) is 3.46. The molecule has 212 valence electrons. The Hall–Kier alpha value is -3.92. The van der Waals surface area contributed by atoms with E-state index in [0.717, 1.165) is 57.0 Å². The van der Waals surface area contributed by atoms with Crippen LogP contribution in [0.1, 0.15) is 65.7 Å². The highest BCUT2D eigenvalue weighted by atomic mass is 19.4. The molecular formula is C31H29F4N5O. The van der Waals surface area contributed by atoms with Crippen LogP contribution in [0, 0.1) is 5.82 Å².